The van der Waals surface area contributed by atoms with Crippen LogP contribution in [-0.2, 0) is 14.8 Å². The van der Waals surface area contributed by atoms with Crippen LogP contribution in [0.2, 0.25) is 0 Å². The van der Waals surface area contributed by atoms with Crippen molar-refractivity contribution in [3.63, 3.8) is 0 Å². The topological polar surface area (TPSA) is 84.5 Å². The van der Waals surface area contributed by atoms with Gasteiger partial charge in [0.2, 0.25) is 10.0 Å². The molecule has 28 heavy (non-hydrogen) atoms. The summed E-state index contributed by atoms with van der Waals surface area (Å²) >= 11 is 0. The highest BCUT2D eigenvalue weighted by Gasteiger charge is 2.25. The minimum atomic E-state index is -3.72. The van der Waals surface area contributed by atoms with Crippen LogP contribution in [0.25, 0.3) is 0 Å². The van der Waals surface area contributed by atoms with E-state index in [0.717, 1.165) is 5.56 Å². The summed E-state index contributed by atoms with van der Waals surface area (Å²) in [6, 6.07) is 14.4. The highest BCUT2D eigenvalue weighted by molar-refractivity contribution is 7.89. The quantitative estimate of drug-likeness (QED) is 0.660. The zero-order chi connectivity index (χ0) is 20.9. The lowest BCUT2D eigenvalue weighted by Crippen LogP contribution is -2.49. The van der Waals surface area contributed by atoms with Gasteiger partial charge in [0, 0.05) is 18.1 Å². The van der Waals surface area contributed by atoms with Gasteiger partial charge >= 0.3 is 5.97 Å². The van der Waals surface area contributed by atoms with E-state index in [4.69, 9.17) is 0 Å². The third kappa shape index (κ3) is 5.64. The van der Waals surface area contributed by atoms with Gasteiger partial charge in [0.15, 0.2) is 0 Å². The van der Waals surface area contributed by atoms with E-state index in [1.54, 1.807) is 6.92 Å². The number of carbonyl (C=O) groups is 1. The Balaban J connectivity index is 2.08. The van der Waals surface area contributed by atoms with Gasteiger partial charge in [-0.25, -0.2) is 17.9 Å². The minimum Gasteiger partial charge on any atom is -0.465 e. The van der Waals surface area contributed by atoms with E-state index < -0.39 is 21.5 Å². The molecule has 0 saturated carbocycles. The van der Waals surface area contributed by atoms with E-state index in [2.05, 4.69) is 14.8 Å². The highest BCUT2D eigenvalue weighted by atomic mass is 32.2. The number of methoxy groups -OCH3 is 1. The Kier molecular flexibility index (Phi) is 6.98. The number of ether oxygens (including phenoxy) is 1. The fourth-order valence-corrected chi connectivity index (χ4v) is 4.45. The number of sulfonamides is 1. The highest BCUT2D eigenvalue weighted by Crippen LogP contribution is 2.19. The fraction of sp³-hybridized carbons (Fsp3) is 0.381. The van der Waals surface area contributed by atoms with Crippen molar-refractivity contribution < 1.29 is 17.9 Å². The molecule has 0 spiro atoms. The van der Waals surface area contributed by atoms with Gasteiger partial charge in [-0.15, -0.1) is 0 Å². The van der Waals surface area contributed by atoms with E-state index in [9.17, 15) is 13.2 Å². The Labute approximate surface area is 167 Å². The molecule has 2 rings (SSSR count). The van der Waals surface area contributed by atoms with Crippen LogP contribution in [0.4, 0.5) is 0 Å². The summed E-state index contributed by atoms with van der Waals surface area (Å²) in [7, 11) is -2.43. The predicted octanol–water partition coefficient (Wildman–Crippen LogP) is 3.19. The molecule has 1 atom stereocenters. The maximum Gasteiger partial charge on any atom is 0.337 e. The molecular formula is C21H28N2O4S. The van der Waals surface area contributed by atoms with Crippen LogP contribution < -0.4 is 10.0 Å². The van der Waals surface area contributed by atoms with E-state index in [0.29, 0.717) is 11.1 Å². The lowest BCUT2D eigenvalue weighted by Gasteiger charge is -2.31. The molecule has 7 heteroatoms. The number of carbonyl (C=O) groups excluding carboxylic acids is 1. The Hall–Kier alpha value is -2.22. The van der Waals surface area contributed by atoms with Crippen molar-refractivity contribution in [2.24, 2.45) is 0 Å². The van der Waals surface area contributed by atoms with E-state index in [-0.39, 0.29) is 17.5 Å². The summed E-state index contributed by atoms with van der Waals surface area (Å²) < 4.78 is 32.8. The first-order chi connectivity index (χ1) is 13.1. The van der Waals surface area contributed by atoms with Crippen molar-refractivity contribution in [1.29, 1.82) is 0 Å². The predicted molar refractivity (Wildman–Crippen MR) is 110 cm³/mol. The molecule has 0 aliphatic rings. The molecule has 0 saturated heterocycles. The monoisotopic (exact) mass is 404 g/mol. The van der Waals surface area contributed by atoms with Gasteiger partial charge in [0.25, 0.3) is 0 Å². The van der Waals surface area contributed by atoms with Gasteiger partial charge < -0.3 is 10.1 Å². The smallest absolute Gasteiger partial charge is 0.337 e. The maximum absolute atomic E-state index is 12.8. The molecule has 2 aromatic rings. The van der Waals surface area contributed by atoms with Crippen LogP contribution in [0, 0.1) is 6.92 Å². The van der Waals surface area contributed by atoms with Crippen LogP contribution in [-0.4, -0.2) is 33.6 Å². The van der Waals surface area contributed by atoms with Crippen LogP contribution >= 0.6 is 0 Å². The molecule has 0 fully saturated rings. The number of esters is 1. The molecule has 0 aromatic heterocycles. The molecule has 1 unspecified atom stereocenters. The van der Waals surface area contributed by atoms with Gasteiger partial charge in [-0.1, -0.05) is 30.3 Å². The number of rotatable bonds is 8. The number of hydrogen-bond donors (Lipinski definition) is 2. The molecule has 0 amide bonds. The van der Waals surface area contributed by atoms with E-state index in [1.807, 2.05) is 51.1 Å². The van der Waals surface area contributed by atoms with Crippen LogP contribution in [0.1, 0.15) is 48.3 Å². The van der Waals surface area contributed by atoms with Crippen molar-refractivity contribution in [3.8, 4) is 0 Å². The molecule has 0 bridgehead atoms. The summed E-state index contributed by atoms with van der Waals surface area (Å²) in [5.74, 6) is -0.500. The third-order valence-electron chi connectivity index (χ3n) is 4.50. The molecule has 0 heterocycles. The molecule has 0 aliphatic heterocycles. The standard InChI is InChI=1S/C21H28N2O4S/c1-15-13-18(20(24)27-5)11-12-19(15)28(25,26)22-14-21(3,4)23-16(2)17-9-7-6-8-10-17/h6-13,16,22-23H,14H2,1-5H3. The fourth-order valence-electron chi connectivity index (χ4n) is 3.01. The second kappa shape index (κ2) is 8.86. The minimum absolute atomic E-state index is 0.0711. The van der Waals surface area contributed by atoms with E-state index in [1.165, 1.54) is 25.3 Å². The Morgan fingerprint density at radius 1 is 1.14 bits per heavy atom. The summed E-state index contributed by atoms with van der Waals surface area (Å²) in [6.45, 7) is 7.80. The van der Waals surface area contributed by atoms with Crippen LogP contribution in [0.15, 0.2) is 53.4 Å². The molecular weight excluding hydrogens is 376 g/mol. The molecule has 0 radical (unpaired) electrons. The summed E-state index contributed by atoms with van der Waals surface area (Å²) in [5, 5.41) is 3.45. The van der Waals surface area contributed by atoms with Gasteiger partial charge in [0.1, 0.15) is 0 Å². The second-order valence-electron chi connectivity index (χ2n) is 7.46. The average molecular weight is 405 g/mol. The Morgan fingerprint density at radius 2 is 1.79 bits per heavy atom. The van der Waals surface area contributed by atoms with Crippen LogP contribution in [0.5, 0.6) is 0 Å². The summed E-state index contributed by atoms with van der Waals surface area (Å²) in [5.41, 5.74) is 1.46. The average Bonchev–Trinajstić information content (AvgIpc) is 2.66. The molecule has 2 aromatic carbocycles. The zero-order valence-electron chi connectivity index (χ0n) is 16.9. The summed E-state index contributed by atoms with van der Waals surface area (Å²) in [6.07, 6.45) is 0. The van der Waals surface area contributed by atoms with Crippen molar-refractivity contribution in [1.82, 2.24) is 10.0 Å². The second-order valence-corrected chi connectivity index (χ2v) is 9.19. The van der Waals surface area contributed by atoms with Crippen LogP contribution in [0.3, 0.4) is 0 Å². The molecule has 6 nitrogen and oxygen atoms in total. The SMILES string of the molecule is COC(=O)c1ccc(S(=O)(=O)NCC(C)(C)NC(C)c2ccccc2)c(C)c1. The van der Waals surface area contributed by atoms with Gasteiger partial charge in [0.05, 0.1) is 17.6 Å². The number of benzene rings is 2. The van der Waals surface area contributed by atoms with Gasteiger partial charge in [-0.05, 0) is 57.0 Å². The van der Waals surface area contributed by atoms with E-state index >= 15 is 0 Å². The van der Waals surface area contributed by atoms with Gasteiger partial charge in [-0.2, -0.15) is 0 Å². The lowest BCUT2D eigenvalue weighted by atomic mass is 10.0. The third-order valence-corrected chi connectivity index (χ3v) is 6.06. The van der Waals surface area contributed by atoms with Crippen molar-refractivity contribution >= 4 is 16.0 Å². The Morgan fingerprint density at radius 3 is 2.36 bits per heavy atom. The number of aryl methyl sites for hydroxylation is 1. The number of hydrogen-bond acceptors (Lipinski definition) is 5. The molecule has 2 N–H and O–H groups in total. The van der Waals surface area contributed by atoms with Crippen molar-refractivity contribution in [2.45, 2.75) is 44.2 Å². The first-order valence-electron chi connectivity index (χ1n) is 9.07. The Bertz CT molecular complexity index is 925. The molecule has 152 valence electrons. The first-order valence-corrected chi connectivity index (χ1v) is 10.6. The van der Waals surface area contributed by atoms with Crippen molar-refractivity contribution in [3.05, 3.63) is 65.2 Å². The molecule has 0 aliphatic carbocycles. The number of nitrogens with one attached hydrogen (secondary N) is 2. The maximum atomic E-state index is 12.8. The van der Waals surface area contributed by atoms with Gasteiger partial charge in [-0.3, -0.25) is 0 Å². The lowest BCUT2D eigenvalue weighted by molar-refractivity contribution is 0.0600. The van der Waals surface area contributed by atoms with Crippen molar-refractivity contribution in [2.75, 3.05) is 13.7 Å². The first kappa shape index (κ1) is 22.1. The summed E-state index contributed by atoms with van der Waals surface area (Å²) in [4.78, 5) is 11.8. The largest absolute Gasteiger partial charge is 0.465 e. The zero-order valence-corrected chi connectivity index (χ0v) is 17.8. The normalized spacial score (nSPS) is 13.2.